The third kappa shape index (κ3) is 6.36. The minimum absolute atomic E-state index is 0.0259. The first-order valence-corrected chi connectivity index (χ1v) is 6.95. The maximum absolute atomic E-state index is 11.8. The van der Waals surface area contributed by atoms with E-state index in [0.29, 0.717) is 19.3 Å². The highest BCUT2D eigenvalue weighted by atomic mass is 16.4. The van der Waals surface area contributed by atoms with Gasteiger partial charge in [0.15, 0.2) is 0 Å². The van der Waals surface area contributed by atoms with Crippen molar-refractivity contribution in [3.05, 3.63) is 34.9 Å². The zero-order chi connectivity index (χ0) is 15.1. The number of hydrogen-bond donors (Lipinski definition) is 2. The van der Waals surface area contributed by atoms with Gasteiger partial charge in [0.25, 0.3) is 0 Å². The first-order chi connectivity index (χ1) is 9.36. The number of benzene rings is 1. The molecule has 0 aliphatic rings. The van der Waals surface area contributed by atoms with Crippen LogP contribution in [0.3, 0.4) is 0 Å². The van der Waals surface area contributed by atoms with E-state index in [-0.39, 0.29) is 18.4 Å². The molecule has 1 atom stereocenters. The Labute approximate surface area is 120 Å². The molecule has 1 unspecified atom stereocenters. The largest absolute Gasteiger partial charge is 0.481 e. The van der Waals surface area contributed by atoms with Gasteiger partial charge in [0, 0.05) is 18.9 Å². The number of carboxylic acid groups (broad SMARTS) is 1. The van der Waals surface area contributed by atoms with Gasteiger partial charge >= 0.3 is 5.97 Å². The summed E-state index contributed by atoms with van der Waals surface area (Å²) in [5.74, 6) is -0.858. The summed E-state index contributed by atoms with van der Waals surface area (Å²) in [5, 5.41) is 11.4. The maximum atomic E-state index is 11.8. The number of carbonyl (C=O) groups is 2. The molecule has 0 saturated heterocycles. The van der Waals surface area contributed by atoms with E-state index in [1.165, 1.54) is 11.1 Å². The molecule has 4 nitrogen and oxygen atoms in total. The molecule has 0 saturated carbocycles. The summed E-state index contributed by atoms with van der Waals surface area (Å²) in [6.45, 7) is 5.92. The Balaban J connectivity index is 2.37. The summed E-state index contributed by atoms with van der Waals surface area (Å²) in [4.78, 5) is 22.2. The Bertz CT molecular complexity index is 462. The molecule has 20 heavy (non-hydrogen) atoms. The third-order valence-electron chi connectivity index (χ3n) is 3.12. The van der Waals surface area contributed by atoms with Crippen LogP contribution in [-0.4, -0.2) is 23.0 Å². The number of rotatable bonds is 7. The Hall–Kier alpha value is -1.84. The average molecular weight is 277 g/mol. The van der Waals surface area contributed by atoms with Gasteiger partial charge in [0.05, 0.1) is 0 Å². The van der Waals surface area contributed by atoms with Gasteiger partial charge in [-0.3, -0.25) is 9.59 Å². The zero-order valence-electron chi connectivity index (χ0n) is 12.4. The van der Waals surface area contributed by atoms with Gasteiger partial charge in [-0.15, -0.1) is 0 Å². The second kappa shape index (κ2) is 7.68. The van der Waals surface area contributed by atoms with E-state index in [9.17, 15) is 9.59 Å². The molecule has 0 aliphatic heterocycles. The lowest BCUT2D eigenvalue weighted by Gasteiger charge is -2.13. The van der Waals surface area contributed by atoms with Crippen LogP contribution in [0.15, 0.2) is 18.2 Å². The number of nitrogens with one attached hydrogen (secondary N) is 1. The minimum Gasteiger partial charge on any atom is -0.481 e. The van der Waals surface area contributed by atoms with Crippen molar-refractivity contribution in [2.24, 2.45) is 0 Å². The third-order valence-corrected chi connectivity index (χ3v) is 3.12. The van der Waals surface area contributed by atoms with Crippen molar-refractivity contribution in [1.29, 1.82) is 0 Å². The van der Waals surface area contributed by atoms with E-state index in [4.69, 9.17) is 5.11 Å². The number of carbonyl (C=O) groups excluding carboxylic acids is 1. The fraction of sp³-hybridized carbons (Fsp3) is 0.500. The van der Waals surface area contributed by atoms with Crippen molar-refractivity contribution < 1.29 is 14.7 Å². The summed E-state index contributed by atoms with van der Waals surface area (Å²) in [6.07, 6.45) is 1.68. The number of amides is 1. The molecular weight excluding hydrogens is 254 g/mol. The van der Waals surface area contributed by atoms with Crippen molar-refractivity contribution in [2.75, 3.05) is 0 Å². The molecule has 4 heteroatoms. The quantitative estimate of drug-likeness (QED) is 0.805. The summed E-state index contributed by atoms with van der Waals surface area (Å²) in [5.41, 5.74) is 3.57. The Morgan fingerprint density at radius 3 is 2.30 bits per heavy atom. The van der Waals surface area contributed by atoms with Gasteiger partial charge in [-0.1, -0.05) is 29.3 Å². The van der Waals surface area contributed by atoms with E-state index in [2.05, 4.69) is 23.5 Å². The van der Waals surface area contributed by atoms with E-state index in [0.717, 1.165) is 5.56 Å². The molecule has 1 aromatic rings. The molecule has 0 bridgehead atoms. The van der Waals surface area contributed by atoms with Crippen molar-refractivity contribution >= 4 is 11.9 Å². The standard InChI is InChI=1S/C16H23NO3/c1-11-8-12(2)10-14(9-11)5-6-15(18)17-13(3)4-7-16(19)20/h8-10,13H,4-7H2,1-3H3,(H,17,18)(H,19,20). The maximum Gasteiger partial charge on any atom is 0.303 e. The first-order valence-electron chi connectivity index (χ1n) is 6.95. The monoisotopic (exact) mass is 277 g/mol. The molecule has 1 amide bonds. The van der Waals surface area contributed by atoms with E-state index in [1.807, 2.05) is 20.8 Å². The van der Waals surface area contributed by atoms with Crippen LogP contribution in [-0.2, 0) is 16.0 Å². The van der Waals surface area contributed by atoms with Crippen LogP contribution < -0.4 is 5.32 Å². The van der Waals surface area contributed by atoms with Crippen molar-refractivity contribution in [2.45, 2.75) is 52.5 Å². The average Bonchev–Trinajstić information content (AvgIpc) is 2.33. The van der Waals surface area contributed by atoms with Crippen LogP contribution in [0.4, 0.5) is 0 Å². The van der Waals surface area contributed by atoms with Crippen LogP contribution in [0.1, 0.15) is 42.9 Å². The number of hydrogen-bond acceptors (Lipinski definition) is 2. The van der Waals surface area contributed by atoms with E-state index in [1.54, 1.807) is 0 Å². The van der Waals surface area contributed by atoms with Crippen LogP contribution in [0.5, 0.6) is 0 Å². The topological polar surface area (TPSA) is 66.4 Å². The summed E-state index contributed by atoms with van der Waals surface area (Å²) < 4.78 is 0. The fourth-order valence-corrected chi connectivity index (χ4v) is 2.23. The fourth-order valence-electron chi connectivity index (χ4n) is 2.23. The van der Waals surface area contributed by atoms with Crippen molar-refractivity contribution in [3.8, 4) is 0 Å². The van der Waals surface area contributed by atoms with Crippen molar-refractivity contribution in [1.82, 2.24) is 5.32 Å². The van der Waals surface area contributed by atoms with Crippen LogP contribution in [0, 0.1) is 13.8 Å². The Morgan fingerprint density at radius 2 is 1.75 bits per heavy atom. The molecule has 2 N–H and O–H groups in total. The second-order valence-electron chi connectivity index (χ2n) is 5.40. The second-order valence-corrected chi connectivity index (χ2v) is 5.40. The predicted octanol–water partition coefficient (Wildman–Crippen LogP) is 2.61. The molecule has 0 radical (unpaired) electrons. The zero-order valence-corrected chi connectivity index (χ0v) is 12.4. The molecule has 0 aromatic heterocycles. The molecule has 0 heterocycles. The van der Waals surface area contributed by atoms with Crippen LogP contribution in [0.25, 0.3) is 0 Å². The van der Waals surface area contributed by atoms with Gasteiger partial charge < -0.3 is 10.4 Å². The molecule has 1 rings (SSSR count). The number of aliphatic carboxylic acids is 1. The van der Waals surface area contributed by atoms with Gasteiger partial charge in [-0.25, -0.2) is 0 Å². The lowest BCUT2D eigenvalue weighted by Crippen LogP contribution is -2.33. The van der Waals surface area contributed by atoms with E-state index < -0.39 is 5.97 Å². The molecule has 1 aromatic carbocycles. The predicted molar refractivity (Wildman–Crippen MR) is 78.7 cm³/mol. The van der Waals surface area contributed by atoms with Gasteiger partial charge in [0.2, 0.25) is 5.91 Å². The first kappa shape index (κ1) is 16.2. The molecule has 0 spiro atoms. The smallest absolute Gasteiger partial charge is 0.303 e. The normalized spacial score (nSPS) is 11.9. The number of carboxylic acids is 1. The molecule has 110 valence electrons. The van der Waals surface area contributed by atoms with Gasteiger partial charge in [-0.05, 0) is 39.2 Å². The Morgan fingerprint density at radius 1 is 1.15 bits per heavy atom. The number of aryl methyl sites for hydroxylation is 3. The molecule has 0 fully saturated rings. The molecule has 0 aliphatic carbocycles. The van der Waals surface area contributed by atoms with Crippen molar-refractivity contribution in [3.63, 3.8) is 0 Å². The van der Waals surface area contributed by atoms with Gasteiger partial charge in [-0.2, -0.15) is 0 Å². The highest BCUT2D eigenvalue weighted by Crippen LogP contribution is 2.11. The highest BCUT2D eigenvalue weighted by Gasteiger charge is 2.09. The summed E-state index contributed by atoms with van der Waals surface area (Å²) >= 11 is 0. The summed E-state index contributed by atoms with van der Waals surface area (Å²) in [7, 11) is 0. The SMILES string of the molecule is Cc1cc(C)cc(CCC(=O)NC(C)CCC(=O)O)c1. The highest BCUT2D eigenvalue weighted by molar-refractivity contribution is 5.76. The lowest BCUT2D eigenvalue weighted by molar-refractivity contribution is -0.137. The summed E-state index contributed by atoms with van der Waals surface area (Å²) in [6, 6.07) is 6.19. The lowest BCUT2D eigenvalue weighted by atomic mass is 10.0. The minimum atomic E-state index is -0.832. The van der Waals surface area contributed by atoms with Crippen LogP contribution in [0.2, 0.25) is 0 Å². The van der Waals surface area contributed by atoms with E-state index >= 15 is 0 Å². The Kier molecular flexibility index (Phi) is 6.22. The van der Waals surface area contributed by atoms with Gasteiger partial charge in [0.1, 0.15) is 0 Å². The van der Waals surface area contributed by atoms with Crippen LogP contribution >= 0.6 is 0 Å². The molecular formula is C16H23NO3.